The minimum Gasteiger partial charge on any atom is -0.475 e. The highest BCUT2D eigenvalue weighted by molar-refractivity contribution is 5.84. The zero-order valence-corrected chi connectivity index (χ0v) is 20.4. The highest BCUT2D eigenvalue weighted by atomic mass is 16.7. The number of aliphatic hydroxyl groups excluding tert-OH is 1. The van der Waals surface area contributed by atoms with E-state index in [1.165, 1.54) is 6.08 Å². The first-order valence-electron chi connectivity index (χ1n) is 11.7. The lowest BCUT2D eigenvalue weighted by Crippen LogP contribution is -2.38. The molecule has 10 heteroatoms. The molecule has 2 N–H and O–H groups in total. The molecule has 192 valence electrons. The maximum Gasteiger partial charge on any atom is 0.370 e. The van der Waals surface area contributed by atoms with Gasteiger partial charge in [-0.1, -0.05) is 18.2 Å². The molecule has 1 aromatic carbocycles. The summed E-state index contributed by atoms with van der Waals surface area (Å²) in [5.41, 5.74) is 1.72. The number of carboxylic acid groups (broad SMARTS) is 1. The summed E-state index contributed by atoms with van der Waals surface area (Å²) in [5.74, 6) is -2.36. The molecule has 10 nitrogen and oxygen atoms in total. The molecule has 0 saturated carbocycles. The Morgan fingerprint density at radius 2 is 1.80 bits per heavy atom. The van der Waals surface area contributed by atoms with Crippen LogP contribution in [-0.4, -0.2) is 71.5 Å². The standard InChI is InChI=1S/C25H34N2O8/c1-4-34-25-19(10-12-32-14-15-33-13-11-28)20(16-21(35-25)24(30)31)22-17(2)26(3)27(23(22)29)18-8-6-5-7-9-18/h5-9,16,19-20,25,28H,4,10-15H2,1-3H3,(H,30,31). The van der Waals surface area contributed by atoms with E-state index < -0.39 is 18.2 Å². The number of nitrogens with zero attached hydrogens (tertiary/aromatic N) is 2. The molecule has 35 heavy (non-hydrogen) atoms. The van der Waals surface area contributed by atoms with Crippen LogP contribution < -0.4 is 5.56 Å². The van der Waals surface area contributed by atoms with Gasteiger partial charge in [0.2, 0.25) is 12.0 Å². The second-order valence-electron chi connectivity index (χ2n) is 8.18. The molecule has 0 spiro atoms. The molecule has 2 aromatic rings. The number of para-hydroxylation sites is 1. The van der Waals surface area contributed by atoms with Crippen LogP contribution in [-0.2, 0) is 30.8 Å². The van der Waals surface area contributed by atoms with Gasteiger partial charge in [0.15, 0.2) is 0 Å². The van der Waals surface area contributed by atoms with E-state index in [1.807, 2.05) is 37.3 Å². The highest BCUT2D eigenvalue weighted by Gasteiger charge is 2.41. The summed E-state index contributed by atoms with van der Waals surface area (Å²) in [6.07, 6.45) is 1.13. The maximum atomic E-state index is 13.7. The quantitative estimate of drug-likeness (QED) is 0.409. The minimum absolute atomic E-state index is 0.0493. The average molecular weight is 491 g/mol. The van der Waals surface area contributed by atoms with Gasteiger partial charge in [-0.05, 0) is 38.5 Å². The second kappa shape index (κ2) is 12.7. The van der Waals surface area contributed by atoms with Crippen LogP contribution in [0, 0.1) is 12.8 Å². The van der Waals surface area contributed by atoms with Gasteiger partial charge in [0.1, 0.15) is 0 Å². The monoisotopic (exact) mass is 490 g/mol. The van der Waals surface area contributed by atoms with Crippen molar-refractivity contribution in [3.63, 3.8) is 0 Å². The molecule has 3 rings (SSSR count). The molecule has 1 aromatic heterocycles. The number of aliphatic hydroxyl groups is 1. The van der Waals surface area contributed by atoms with Crippen LogP contribution in [0.5, 0.6) is 0 Å². The van der Waals surface area contributed by atoms with Crippen LogP contribution >= 0.6 is 0 Å². The third-order valence-corrected chi connectivity index (χ3v) is 6.06. The zero-order chi connectivity index (χ0) is 25.4. The van der Waals surface area contributed by atoms with Gasteiger partial charge in [0, 0.05) is 43.4 Å². The fourth-order valence-electron chi connectivity index (χ4n) is 4.34. The van der Waals surface area contributed by atoms with Crippen molar-refractivity contribution in [2.75, 3.05) is 39.6 Å². The molecule has 1 aliphatic heterocycles. The lowest BCUT2D eigenvalue weighted by Gasteiger charge is -2.36. The lowest BCUT2D eigenvalue weighted by molar-refractivity contribution is -0.174. The maximum absolute atomic E-state index is 13.7. The van der Waals surface area contributed by atoms with Crippen molar-refractivity contribution >= 4 is 5.97 Å². The summed E-state index contributed by atoms with van der Waals surface area (Å²) in [5, 5.41) is 18.5. The first-order valence-corrected chi connectivity index (χ1v) is 11.7. The Hall–Kier alpha value is -2.92. The number of hydrogen-bond acceptors (Lipinski definition) is 7. The number of carbonyl (C=O) groups is 1. The Kier molecular flexibility index (Phi) is 9.67. The highest BCUT2D eigenvalue weighted by Crippen LogP contribution is 2.39. The third-order valence-electron chi connectivity index (χ3n) is 6.06. The van der Waals surface area contributed by atoms with Crippen molar-refractivity contribution in [3.05, 3.63) is 63.8 Å². The molecule has 0 saturated heterocycles. The van der Waals surface area contributed by atoms with Gasteiger partial charge >= 0.3 is 5.97 Å². The van der Waals surface area contributed by atoms with Crippen molar-refractivity contribution in [2.45, 2.75) is 32.5 Å². The van der Waals surface area contributed by atoms with Crippen molar-refractivity contribution in [2.24, 2.45) is 13.0 Å². The Morgan fingerprint density at radius 1 is 1.11 bits per heavy atom. The number of ether oxygens (including phenoxy) is 4. The van der Waals surface area contributed by atoms with Gasteiger partial charge in [-0.15, -0.1) is 0 Å². The summed E-state index contributed by atoms with van der Waals surface area (Å²) in [7, 11) is 1.80. The summed E-state index contributed by atoms with van der Waals surface area (Å²) in [6.45, 7) is 5.21. The SMILES string of the molecule is CCOC1OC(C(=O)O)=CC(c2c(C)n(C)n(-c3ccccc3)c2=O)C1CCOCCOCCO. The molecule has 1 aliphatic rings. The van der Waals surface area contributed by atoms with Crippen LogP contribution in [0.2, 0.25) is 0 Å². The Balaban J connectivity index is 1.96. The van der Waals surface area contributed by atoms with Crippen LogP contribution in [0.4, 0.5) is 0 Å². The minimum atomic E-state index is -1.22. The third kappa shape index (κ3) is 6.21. The number of carboxylic acids is 1. The van der Waals surface area contributed by atoms with Crippen LogP contribution in [0.3, 0.4) is 0 Å². The van der Waals surface area contributed by atoms with Gasteiger partial charge in [-0.2, -0.15) is 0 Å². The normalized spacial score (nSPS) is 19.9. The van der Waals surface area contributed by atoms with E-state index >= 15 is 0 Å². The Bertz CT molecular complexity index is 1060. The van der Waals surface area contributed by atoms with Gasteiger partial charge < -0.3 is 29.2 Å². The summed E-state index contributed by atoms with van der Waals surface area (Å²) < 4.78 is 25.7. The fourth-order valence-corrected chi connectivity index (χ4v) is 4.34. The molecule has 0 radical (unpaired) electrons. The van der Waals surface area contributed by atoms with E-state index in [0.29, 0.717) is 44.1 Å². The first kappa shape index (κ1) is 26.7. The smallest absolute Gasteiger partial charge is 0.370 e. The summed E-state index contributed by atoms with van der Waals surface area (Å²) in [6, 6.07) is 9.29. The molecule has 0 amide bonds. The van der Waals surface area contributed by atoms with E-state index in [1.54, 1.807) is 23.3 Å². The van der Waals surface area contributed by atoms with E-state index in [9.17, 15) is 14.7 Å². The van der Waals surface area contributed by atoms with Gasteiger partial charge in [0.25, 0.3) is 5.56 Å². The number of benzene rings is 1. The van der Waals surface area contributed by atoms with Gasteiger partial charge in [-0.3, -0.25) is 9.48 Å². The van der Waals surface area contributed by atoms with Crippen molar-refractivity contribution in [3.8, 4) is 5.69 Å². The Labute approximate surface area is 204 Å². The van der Waals surface area contributed by atoms with E-state index in [-0.39, 0.29) is 30.5 Å². The molecule has 0 bridgehead atoms. The molecule has 3 atom stereocenters. The molecular weight excluding hydrogens is 456 g/mol. The first-order chi connectivity index (χ1) is 16.9. The van der Waals surface area contributed by atoms with E-state index in [4.69, 9.17) is 24.1 Å². The van der Waals surface area contributed by atoms with E-state index in [2.05, 4.69) is 0 Å². The van der Waals surface area contributed by atoms with Gasteiger partial charge in [0.05, 0.1) is 32.1 Å². The van der Waals surface area contributed by atoms with Crippen LogP contribution in [0.25, 0.3) is 5.69 Å². The summed E-state index contributed by atoms with van der Waals surface area (Å²) >= 11 is 0. The van der Waals surface area contributed by atoms with E-state index in [0.717, 1.165) is 5.69 Å². The summed E-state index contributed by atoms with van der Waals surface area (Å²) in [4.78, 5) is 25.5. The number of rotatable bonds is 13. The molecule has 3 unspecified atom stereocenters. The molecular formula is C25H34N2O8. The van der Waals surface area contributed by atoms with Crippen LogP contribution in [0.1, 0.15) is 30.5 Å². The number of hydrogen-bond donors (Lipinski definition) is 2. The lowest BCUT2D eigenvalue weighted by atomic mass is 9.81. The average Bonchev–Trinajstić information content (AvgIpc) is 3.07. The predicted molar refractivity (Wildman–Crippen MR) is 128 cm³/mol. The Morgan fingerprint density at radius 3 is 2.43 bits per heavy atom. The number of aliphatic carboxylic acids is 1. The van der Waals surface area contributed by atoms with Gasteiger partial charge in [-0.25, -0.2) is 9.48 Å². The largest absolute Gasteiger partial charge is 0.475 e. The molecule has 0 aliphatic carbocycles. The van der Waals surface area contributed by atoms with Crippen LogP contribution in [0.15, 0.2) is 47.0 Å². The van der Waals surface area contributed by atoms with Crippen molar-refractivity contribution in [1.82, 2.24) is 9.36 Å². The predicted octanol–water partition coefficient (Wildman–Crippen LogP) is 1.96. The fraction of sp³-hybridized carbons (Fsp3) is 0.520. The molecule has 2 heterocycles. The molecule has 0 fully saturated rings. The van der Waals surface area contributed by atoms with Crippen molar-refractivity contribution in [1.29, 1.82) is 0 Å². The number of allylic oxidation sites excluding steroid dienone is 1. The second-order valence-corrected chi connectivity index (χ2v) is 8.18. The topological polar surface area (TPSA) is 121 Å². The van der Waals surface area contributed by atoms with Crippen molar-refractivity contribution < 1.29 is 34.0 Å². The zero-order valence-electron chi connectivity index (χ0n) is 20.4. The number of aromatic nitrogens is 2.